The van der Waals surface area contributed by atoms with Gasteiger partial charge in [0.05, 0.1) is 41.7 Å². The van der Waals surface area contributed by atoms with Gasteiger partial charge in [-0.2, -0.15) is 0 Å². The predicted octanol–water partition coefficient (Wildman–Crippen LogP) is 10.1. The highest BCUT2D eigenvalue weighted by atomic mass is 16.6. The van der Waals surface area contributed by atoms with Gasteiger partial charge in [0.25, 0.3) is 11.8 Å². The molecule has 0 saturated carbocycles. The summed E-state index contributed by atoms with van der Waals surface area (Å²) in [6, 6.07) is 41.8. The lowest BCUT2D eigenvalue weighted by molar-refractivity contribution is -0.174. The van der Waals surface area contributed by atoms with Crippen molar-refractivity contribution in [2.24, 2.45) is 0 Å². The Kier molecular flexibility index (Phi) is 24.2. The molecule has 4 heterocycles. The Labute approximate surface area is 551 Å². The Bertz CT molecular complexity index is 3300. The first kappa shape index (κ1) is 67.7. The fraction of sp³-hybridized carbons (Fsp3) is 0.432. The van der Waals surface area contributed by atoms with Crippen molar-refractivity contribution in [3.05, 3.63) is 167 Å². The molecule has 0 aromatic heterocycles. The van der Waals surface area contributed by atoms with Gasteiger partial charge in [0.15, 0.2) is 23.0 Å². The molecule has 6 aromatic carbocycles. The number of methoxy groups -OCH3 is 4. The summed E-state index contributed by atoms with van der Waals surface area (Å²) in [6.45, 7) is 4.25. The third-order valence-electron chi connectivity index (χ3n) is 18.1. The standard InChI is InChI=1S/C74H88N6O14/c1-87-65-31-19-51(45-67(65)89-3)47-75-49-61(15-9-11-43-91-59-27-21-55(22-28-59)71(83)77-39-35-57(36-40-77)79-63-17-7-5-13-53(63)25-33-69(79)81)93-73(85)74(86)94-62(50-76-48-52-20-32-66(88-2)68(46-52)90-4)16-10-12-44-92-60-29-23-56(24-30-60)72(84)78-41-37-58(38-42-78)80-64-18-8-6-14-54(64)26-34-70(80)82/h5-8,13-14,17-24,27-32,45-46,57-58,61-62,75-76H,9-12,15-16,25-26,33-44,47-50H2,1-4H3. The molecule has 10 rings (SSSR count). The number of carbonyl (C=O) groups excluding carboxylic acids is 6. The van der Waals surface area contributed by atoms with Crippen molar-refractivity contribution < 1.29 is 66.7 Å². The highest BCUT2D eigenvalue weighted by Crippen LogP contribution is 2.35. The monoisotopic (exact) mass is 1280 g/mol. The van der Waals surface area contributed by atoms with Crippen LogP contribution in [-0.4, -0.2) is 151 Å². The summed E-state index contributed by atoms with van der Waals surface area (Å²) in [7, 11) is 6.29. The van der Waals surface area contributed by atoms with Gasteiger partial charge in [-0.1, -0.05) is 48.5 Å². The van der Waals surface area contributed by atoms with Crippen LogP contribution in [0.5, 0.6) is 34.5 Å². The zero-order chi connectivity index (χ0) is 65.8. The second-order valence-corrected chi connectivity index (χ2v) is 24.3. The number of unbranched alkanes of at least 4 members (excludes halogenated alkanes) is 2. The molecule has 2 atom stereocenters. The van der Waals surface area contributed by atoms with Crippen LogP contribution < -0.4 is 48.9 Å². The van der Waals surface area contributed by atoms with Gasteiger partial charge in [0, 0.05) is 99.8 Å². The van der Waals surface area contributed by atoms with E-state index in [0.717, 1.165) is 35.3 Å². The number of piperidine rings is 2. The van der Waals surface area contributed by atoms with E-state index < -0.39 is 24.1 Å². The summed E-state index contributed by atoms with van der Waals surface area (Å²) in [6.07, 6.45) is 7.18. The van der Waals surface area contributed by atoms with Crippen molar-refractivity contribution in [1.82, 2.24) is 20.4 Å². The van der Waals surface area contributed by atoms with E-state index in [9.17, 15) is 28.8 Å². The number of aryl methyl sites for hydroxylation is 2. The summed E-state index contributed by atoms with van der Waals surface area (Å²) >= 11 is 0. The number of anilines is 2. The molecule has 4 aliphatic heterocycles. The third-order valence-corrected chi connectivity index (χ3v) is 18.1. The van der Waals surface area contributed by atoms with Gasteiger partial charge < -0.3 is 68.1 Å². The van der Waals surface area contributed by atoms with Crippen molar-refractivity contribution in [1.29, 1.82) is 0 Å². The molecule has 20 nitrogen and oxygen atoms in total. The average molecular weight is 1290 g/mol. The maximum absolute atomic E-state index is 13.8. The average Bonchev–Trinajstić information content (AvgIpc) is 0.823. The van der Waals surface area contributed by atoms with Crippen LogP contribution in [0.3, 0.4) is 0 Å². The summed E-state index contributed by atoms with van der Waals surface area (Å²) in [5, 5.41) is 6.76. The van der Waals surface area contributed by atoms with Crippen LogP contribution in [0, 0.1) is 0 Å². The van der Waals surface area contributed by atoms with Gasteiger partial charge >= 0.3 is 11.9 Å². The SMILES string of the molecule is COc1ccc(CNCC(CCCCOc2ccc(C(=O)N3CCC(N4C(=O)CCc5ccccc54)CC3)cc2)OC(=O)C(=O)OC(CCCCOc2ccc(C(=O)N3CCC(N4C(=O)CCc5ccccc54)CC3)cc2)CNCc2ccc(OC)c(OC)c2)cc1OC. The van der Waals surface area contributed by atoms with Crippen LogP contribution >= 0.6 is 0 Å². The second kappa shape index (κ2) is 33.6. The van der Waals surface area contributed by atoms with Gasteiger partial charge in [-0.3, -0.25) is 19.2 Å². The minimum atomic E-state index is -1.10. The topological polar surface area (TPSA) is 213 Å². The number of esters is 2. The lowest BCUT2D eigenvalue weighted by atomic mass is 9.95. The first-order valence-electron chi connectivity index (χ1n) is 33.0. The second-order valence-electron chi connectivity index (χ2n) is 24.3. The summed E-state index contributed by atoms with van der Waals surface area (Å²) in [4.78, 5) is 88.6. The Morgan fingerprint density at radius 3 is 1.22 bits per heavy atom. The largest absolute Gasteiger partial charge is 0.494 e. The molecule has 20 heteroatoms. The molecule has 94 heavy (non-hydrogen) atoms. The lowest BCUT2D eigenvalue weighted by Gasteiger charge is -2.41. The molecule has 0 radical (unpaired) electrons. The molecule has 2 fully saturated rings. The lowest BCUT2D eigenvalue weighted by Crippen LogP contribution is -2.50. The number of rotatable bonds is 30. The summed E-state index contributed by atoms with van der Waals surface area (Å²) in [5.41, 5.74) is 7.32. The molecule has 2 N–H and O–H groups in total. The first-order valence-corrected chi connectivity index (χ1v) is 33.0. The van der Waals surface area contributed by atoms with Gasteiger partial charge in [-0.15, -0.1) is 0 Å². The number of hydrogen-bond acceptors (Lipinski definition) is 16. The zero-order valence-electron chi connectivity index (χ0n) is 54.5. The number of likely N-dealkylation sites (tertiary alicyclic amines) is 2. The molecule has 4 aliphatic rings. The number of benzene rings is 6. The summed E-state index contributed by atoms with van der Waals surface area (Å²) < 4.78 is 46.0. The number of para-hydroxylation sites is 2. The Hall–Kier alpha value is -9.14. The Morgan fingerprint density at radius 1 is 0.457 bits per heavy atom. The fourth-order valence-corrected chi connectivity index (χ4v) is 13.0. The van der Waals surface area contributed by atoms with Crippen molar-refractivity contribution >= 4 is 46.9 Å². The van der Waals surface area contributed by atoms with Crippen molar-refractivity contribution in [3.63, 3.8) is 0 Å². The molecule has 498 valence electrons. The van der Waals surface area contributed by atoms with Gasteiger partial charge in [-0.25, -0.2) is 9.59 Å². The van der Waals surface area contributed by atoms with E-state index in [2.05, 4.69) is 22.8 Å². The van der Waals surface area contributed by atoms with E-state index in [0.29, 0.717) is 175 Å². The normalized spacial score (nSPS) is 15.7. The fourth-order valence-electron chi connectivity index (χ4n) is 13.0. The number of hydrogen-bond donors (Lipinski definition) is 2. The molecule has 2 saturated heterocycles. The number of amides is 4. The molecule has 6 aromatic rings. The van der Waals surface area contributed by atoms with Crippen molar-refractivity contribution in [2.75, 3.05) is 90.7 Å². The van der Waals surface area contributed by atoms with Crippen molar-refractivity contribution in [3.8, 4) is 34.5 Å². The number of nitrogens with zero attached hydrogens (tertiary/aromatic N) is 4. The van der Waals surface area contributed by atoms with Gasteiger partial charge in [0.1, 0.15) is 23.7 Å². The Morgan fingerprint density at radius 2 is 0.840 bits per heavy atom. The van der Waals surface area contributed by atoms with E-state index >= 15 is 0 Å². The Balaban J connectivity index is 0.697. The minimum Gasteiger partial charge on any atom is -0.494 e. The molecule has 2 unspecified atom stereocenters. The number of nitrogens with one attached hydrogen (secondary N) is 2. The quantitative estimate of drug-likeness (QED) is 0.0244. The molecule has 4 amide bonds. The maximum atomic E-state index is 13.8. The van der Waals surface area contributed by atoms with Crippen LogP contribution in [0.25, 0.3) is 0 Å². The molecule has 0 aliphatic carbocycles. The van der Waals surface area contributed by atoms with Crippen LogP contribution in [-0.2, 0) is 54.6 Å². The first-order chi connectivity index (χ1) is 45.9. The van der Waals surface area contributed by atoms with Crippen LogP contribution in [0.2, 0.25) is 0 Å². The number of carbonyl (C=O) groups is 6. The van der Waals surface area contributed by atoms with E-state index in [1.165, 1.54) is 11.1 Å². The van der Waals surface area contributed by atoms with E-state index in [4.69, 9.17) is 37.9 Å². The maximum Gasteiger partial charge on any atom is 0.417 e. The van der Waals surface area contributed by atoms with E-state index in [1.807, 2.05) is 92.4 Å². The highest BCUT2D eigenvalue weighted by Gasteiger charge is 2.36. The predicted molar refractivity (Wildman–Crippen MR) is 356 cm³/mol. The molecular formula is C74H88N6O14. The minimum absolute atomic E-state index is 0.0541. The number of fused-ring (bicyclic) bond motifs is 2. The third kappa shape index (κ3) is 17.8. The smallest absolute Gasteiger partial charge is 0.417 e. The zero-order valence-corrected chi connectivity index (χ0v) is 54.5. The van der Waals surface area contributed by atoms with E-state index in [-0.39, 0.29) is 48.8 Å². The van der Waals surface area contributed by atoms with Crippen LogP contribution in [0.15, 0.2) is 133 Å². The molecular weight excluding hydrogens is 1200 g/mol. The van der Waals surface area contributed by atoms with Gasteiger partial charge in [0.2, 0.25) is 11.8 Å². The van der Waals surface area contributed by atoms with Crippen LogP contribution in [0.1, 0.15) is 120 Å². The summed E-state index contributed by atoms with van der Waals surface area (Å²) in [5.74, 6) is 1.55. The van der Waals surface area contributed by atoms with E-state index in [1.54, 1.807) is 77.0 Å². The molecule has 0 spiro atoms. The van der Waals surface area contributed by atoms with Crippen LogP contribution in [0.4, 0.5) is 11.4 Å². The van der Waals surface area contributed by atoms with Crippen molar-refractivity contribution in [2.45, 2.75) is 127 Å². The van der Waals surface area contributed by atoms with Gasteiger partial charge in [-0.05, 0) is 184 Å². The number of ether oxygens (including phenoxy) is 8. The molecule has 0 bridgehead atoms. The highest BCUT2D eigenvalue weighted by molar-refractivity contribution is 6.29.